The van der Waals surface area contributed by atoms with Gasteiger partial charge < -0.3 is 10.4 Å². The maximum Gasteiger partial charge on any atom is 0.322 e. The van der Waals surface area contributed by atoms with Crippen molar-refractivity contribution in [2.75, 3.05) is 6.54 Å². The van der Waals surface area contributed by atoms with Crippen LogP contribution in [0.2, 0.25) is 0 Å². The maximum atomic E-state index is 10.4. The second-order valence-electron chi connectivity index (χ2n) is 2.43. The third-order valence-electron chi connectivity index (χ3n) is 1.65. The maximum absolute atomic E-state index is 10.4. The van der Waals surface area contributed by atoms with E-state index in [9.17, 15) is 4.79 Å². The zero-order valence-corrected chi connectivity index (χ0v) is 6.27. The summed E-state index contributed by atoms with van der Waals surface area (Å²) in [4.78, 5) is 10.4. The zero-order valence-electron chi connectivity index (χ0n) is 5.51. The van der Waals surface area contributed by atoms with Crippen LogP contribution in [0.5, 0.6) is 0 Å². The summed E-state index contributed by atoms with van der Waals surface area (Å²) < 4.78 is 0. The predicted molar refractivity (Wildman–Crippen MR) is 38.3 cm³/mol. The van der Waals surface area contributed by atoms with E-state index < -0.39 is 12.0 Å². The largest absolute Gasteiger partial charge is 0.480 e. The first-order chi connectivity index (χ1) is 4.72. The van der Waals surface area contributed by atoms with Gasteiger partial charge in [0.2, 0.25) is 0 Å². The van der Waals surface area contributed by atoms with E-state index >= 15 is 0 Å². The van der Waals surface area contributed by atoms with Gasteiger partial charge in [0, 0.05) is 0 Å². The molecule has 4 heteroatoms. The predicted octanol–water partition coefficient (Wildman–Crippen LogP) is 0.430. The lowest BCUT2D eigenvalue weighted by Crippen LogP contribution is -2.47. The van der Waals surface area contributed by atoms with Gasteiger partial charge >= 0.3 is 5.97 Å². The van der Waals surface area contributed by atoms with Crippen LogP contribution in [0.25, 0.3) is 0 Å². The zero-order chi connectivity index (χ0) is 7.56. The van der Waals surface area contributed by atoms with Crippen molar-refractivity contribution in [1.29, 1.82) is 0 Å². The van der Waals surface area contributed by atoms with Gasteiger partial charge in [-0.1, -0.05) is 0 Å². The Balaban J connectivity index is 2.47. The van der Waals surface area contributed by atoms with Crippen LogP contribution in [0.15, 0.2) is 0 Å². The molecule has 0 amide bonds. The molecule has 1 aliphatic rings. The number of alkyl halides is 1. The Morgan fingerprint density at radius 2 is 2.40 bits per heavy atom. The van der Waals surface area contributed by atoms with Crippen LogP contribution in [0.1, 0.15) is 12.8 Å². The summed E-state index contributed by atoms with van der Waals surface area (Å²) >= 11 is 5.73. The Hall–Kier alpha value is -0.280. The van der Waals surface area contributed by atoms with Crippen LogP contribution < -0.4 is 5.32 Å². The van der Waals surface area contributed by atoms with Gasteiger partial charge in [-0.2, -0.15) is 0 Å². The molecule has 10 heavy (non-hydrogen) atoms. The number of carboxylic acid groups (broad SMARTS) is 1. The summed E-state index contributed by atoms with van der Waals surface area (Å²) in [5.74, 6) is -0.847. The minimum absolute atomic E-state index is 0.244. The van der Waals surface area contributed by atoms with Gasteiger partial charge in [0.25, 0.3) is 0 Å². The molecule has 0 spiro atoms. The Labute approximate surface area is 64.4 Å². The summed E-state index contributed by atoms with van der Waals surface area (Å²) in [6.07, 6.45) is 1.77. The molecule has 1 rings (SSSR count). The number of rotatable bonds is 1. The number of aliphatic carboxylic acids is 1. The number of piperidine rings is 1. The van der Waals surface area contributed by atoms with Gasteiger partial charge in [-0.25, -0.2) is 0 Å². The van der Waals surface area contributed by atoms with Gasteiger partial charge in [-0.15, -0.1) is 11.6 Å². The highest BCUT2D eigenvalue weighted by Crippen LogP contribution is 2.14. The van der Waals surface area contributed by atoms with Crippen molar-refractivity contribution >= 4 is 17.6 Å². The van der Waals surface area contributed by atoms with Crippen molar-refractivity contribution in [1.82, 2.24) is 5.32 Å². The average molecular weight is 164 g/mol. The van der Waals surface area contributed by atoms with Gasteiger partial charge in [0.05, 0.1) is 5.38 Å². The molecule has 2 N–H and O–H groups in total. The molecule has 3 nitrogen and oxygen atoms in total. The molecule has 0 aromatic heterocycles. The summed E-state index contributed by atoms with van der Waals surface area (Å²) in [7, 11) is 0. The third kappa shape index (κ3) is 1.61. The minimum atomic E-state index is -0.847. The molecule has 0 radical (unpaired) electrons. The first-order valence-electron chi connectivity index (χ1n) is 3.32. The number of carbonyl (C=O) groups is 1. The smallest absolute Gasteiger partial charge is 0.322 e. The van der Waals surface area contributed by atoms with E-state index in [1.165, 1.54) is 0 Å². The number of hydrogen-bond acceptors (Lipinski definition) is 2. The van der Waals surface area contributed by atoms with E-state index in [0.29, 0.717) is 0 Å². The highest BCUT2D eigenvalue weighted by atomic mass is 35.5. The molecule has 0 aromatic rings. The van der Waals surface area contributed by atoms with Crippen LogP contribution in [0, 0.1) is 0 Å². The molecular formula is C6H10ClNO2. The summed E-state index contributed by atoms with van der Waals surface area (Å²) in [5.41, 5.74) is 0. The van der Waals surface area contributed by atoms with E-state index in [-0.39, 0.29) is 5.38 Å². The van der Waals surface area contributed by atoms with Gasteiger partial charge in [0.1, 0.15) is 6.04 Å². The summed E-state index contributed by atoms with van der Waals surface area (Å²) in [6, 6.07) is -0.546. The van der Waals surface area contributed by atoms with Crippen LogP contribution >= 0.6 is 11.6 Å². The topological polar surface area (TPSA) is 49.3 Å². The highest BCUT2D eigenvalue weighted by molar-refractivity contribution is 6.22. The standard InChI is InChI=1S/C6H10ClNO2/c7-4-2-1-3-8-5(4)6(9)10/h4-5,8H,1-3H2,(H,9,10). The number of nitrogens with one attached hydrogen (secondary N) is 1. The normalized spacial score (nSPS) is 33.7. The molecule has 1 heterocycles. The second-order valence-corrected chi connectivity index (χ2v) is 2.99. The van der Waals surface area contributed by atoms with Crippen LogP contribution in [0.3, 0.4) is 0 Å². The van der Waals surface area contributed by atoms with Crippen molar-refractivity contribution in [2.45, 2.75) is 24.3 Å². The molecular weight excluding hydrogens is 154 g/mol. The molecule has 2 atom stereocenters. The molecule has 0 bridgehead atoms. The molecule has 1 aliphatic heterocycles. The number of carboxylic acids is 1. The fraction of sp³-hybridized carbons (Fsp3) is 0.833. The lowest BCUT2D eigenvalue weighted by molar-refractivity contribution is -0.139. The Bertz CT molecular complexity index is 140. The van der Waals surface area contributed by atoms with Crippen molar-refractivity contribution in [3.05, 3.63) is 0 Å². The number of halogens is 1. The minimum Gasteiger partial charge on any atom is -0.480 e. The van der Waals surface area contributed by atoms with E-state index in [2.05, 4.69) is 5.32 Å². The molecule has 1 saturated heterocycles. The van der Waals surface area contributed by atoms with Gasteiger partial charge in [0.15, 0.2) is 0 Å². The van der Waals surface area contributed by atoms with Crippen LogP contribution in [0.4, 0.5) is 0 Å². The van der Waals surface area contributed by atoms with E-state index in [0.717, 1.165) is 19.4 Å². The van der Waals surface area contributed by atoms with Crippen molar-refractivity contribution < 1.29 is 9.90 Å². The molecule has 2 unspecified atom stereocenters. The van der Waals surface area contributed by atoms with Crippen molar-refractivity contribution in [3.63, 3.8) is 0 Å². The number of hydrogen-bond donors (Lipinski definition) is 2. The fourth-order valence-corrected chi connectivity index (χ4v) is 1.44. The second kappa shape index (κ2) is 3.21. The van der Waals surface area contributed by atoms with E-state index in [4.69, 9.17) is 16.7 Å². The monoisotopic (exact) mass is 163 g/mol. The molecule has 1 fully saturated rings. The quantitative estimate of drug-likeness (QED) is 0.552. The lowest BCUT2D eigenvalue weighted by Gasteiger charge is -2.24. The fourth-order valence-electron chi connectivity index (χ4n) is 1.09. The van der Waals surface area contributed by atoms with Crippen LogP contribution in [-0.2, 0) is 4.79 Å². The molecule has 58 valence electrons. The first kappa shape index (κ1) is 7.82. The highest BCUT2D eigenvalue weighted by Gasteiger charge is 2.28. The van der Waals surface area contributed by atoms with E-state index in [1.807, 2.05) is 0 Å². The summed E-state index contributed by atoms with van der Waals surface area (Å²) in [6.45, 7) is 0.764. The van der Waals surface area contributed by atoms with Gasteiger partial charge in [-0.3, -0.25) is 4.79 Å². The summed E-state index contributed by atoms with van der Waals surface area (Å²) in [5, 5.41) is 11.2. The first-order valence-corrected chi connectivity index (χ1v) is 3.75. The Morgan fingerprint density at radius 3 is 2.80 bits per heavy atom. The molecule has 0 saturated carbocycles. The molecule has 0 aliphatic carbocycles. The molecule has 0 aromatic carbocycles. The Morgan fingerprint density at radius 1 is 1.70 bits per heavy atom. The average Bonchev–Trinajstić information content (AvgIpc) is 1.88. The van der Waals surface area contributed by atoms with Crippen molar-refractivity contribution in [2.24, 2.45) is 0 Å². The Kier molecular flexibility index (Phi) is 2.51. The van der Waals surface area contributed by atoms with E-state index in [1.54, 1.807) is 0 Å². The van der Waals surface area contributed by atoms with Gasteiger partial charge in [-0.05, 0) is 19.4 Å². The lowest BCUT2D eigenvalue weighted by atomic mass is 10.1. The third-order valence-corrected chi connectivity index (χ3v) is 2.12. The van der Waals surface area contributed by atoms with Crippen molar-refractivity contribution in [3.8, 4) is 0 Å². The van der Waals surface area contributed by atoms with Crippen LogP contribution in [-0.4, -0.2) is 29.0 Å². The SMILES string of the molecule is O=C(O)C1NCCCC1Cl.